The van der Waals surface area contributed by atoms with Gasteiger partial charge in [0.15, 0.2) is 0 Å². The molecule has 1 aliphatic heterocycles. The van der Waals surface area contributed by atoms with Gasteiger partial charge in [0, 0.05) is 23.0 Å². The van der Waals surface area contributed by atoms with Gasteiger partial charge in [-0.25, -0.2) is 9.99 Å². The maximum atomic E-state index is 12.4. The van der Waals surface area contributed by atoms with E-state index in [2.05, 4.69) is 23.5 Å². The third-order valence-corrected chi connectivity index (χ3v) is 7.99. The zero-order valence-electron chi connectivity index (χ0n) is 18.9. The van der Waals surface area contributed by atoms with Crippen LogP contribution in [0.4, 0.5) is 5.13 Å². The molecule has 1 fully saturated rings. The van der Waals surface area contributed by atoms with E-state index in [0.29, 0.717) is 15.6 Å². The highest BCUT2D eigenvalue weighted by atomic mass is 35.5. The molecule has 1 amide bonds. The van der Waals surface area contributed by atoms with E-state index in [0.717, 1.165) is 46.3 Å². The normalized spacial score (nSPS) is 20.9. The van der Waals surface area contributed by atoms with Crippen molar-refractivity contribution in [1.82, 2.24) is 10.3 Å². The summed E-state index contributed by atoms with van der Waals surface area (Å²) in [6.45, 7) is 1.87. The number of amides is 1. The predicted octanol–water partition coefficient (Wildman–Crippen LogP) is 6.92. The summed E-state index contributed by atoms with van der Waals surface area (Å²) in [5.41, 5.74) is 5.28. The number of anilines is 1. The van der Waals surface area contributed by atoms with Crippen LogP contribution in [0.25, 0.3) is 6.08 Å². The third kappa shape index (κ3) is 4.38. The van der Waals surface area contributed by atoms with Crippen LogP contribution in [0.2, 0.25) is 10.0 Å². The van der Waals surface area contributed by atoms with Gasteiger partial charge in [0.05, 0.1) is 17.4 Å². The Morgan fingerprint density at radius 1 is 1.12 bits per heavy atom. The molecule has 1 saturated carbocycles. The van der Waals surface area contributed by atoms with Crippen LogP contribution in [-0.2, 0) is 0 Å². The monoisotopic (exact) mass is 510 g/mol. The smallest absolute Gasteiger partial charge is 0.263 e. The van der Waals surface area contributed by atoms with E-state index in [-0.39, 0.29) is 17.9 Å². The van der Waals surface area contributed by atoms with E-state index < -0.39 is 0 Å². The van der Waals surface area contributed by atoms with Crippen molar-refractivity contribution < 1.29 is 4.79 Å². The minimum atomic E-state index is -0.128. The number of aromatic nitrogens is 1. The van der Waals surface area contributed by atoms with Crippen LogP contribution >= 0.6 is 34.5 Å². The van der Waals surface area contributed by atoms with Crippen LogP contribution in [0.3, 0.4) is 0 Å². The number of rotatable bonds is 4. The molecule has 0 bridgehead atoms. The maximum Gasteiger partial charge on any atom is 0.263 e. The molecule has 5 nitrogen and oxygen atoms in total. The van der Waals surface area contributed by atoms with E-state index in [1.807, 2.05) is 48.3 Å². The number of nitrogens with one attached hydrogen (secondary N) is 1. The van der Waals surface area contributed by atoms with Crippen molar-refractivity contribution in [1.29, 1.82) is 0 Å². The van der Waals surface area contributed by atoms with E-state index >= 15 is 0 Å². The van der Waals surface area contributed by atoms with Crippen LogP contribution in [0, 0.1) is 12.8 Å². The summed E-state index contributed by atoms with van der Waals surface area (Å²) < 4.78 is 0. The second-order valence-electron chi connectivity index (χ2n) is 8.54. The first-order valence-corrected chi connectivity index (χ1v) is 12.8. The summed E-state index contributed by atoms with van der Waals surface area (Å²) in [6, 6.07) is 15.8. The van der Waals surface area contributed by atoms with E-state index in [9.17, 15) is 4.79 Å². The summed E-state index contributed by atoms with van der Waals surface area (Å²) in [7, 11) is 1.64. The number of aryl methyl sites for hydroxylation is 1. The van der Waals surface area contributed by atoms with Crippen molar-refractivity contribution in [3.05, 3.63) is 85.8 Å². The fourth-order valence-corrected chi connectivity index (χ4v) is 5.97. The van der Waals surface area contributed by atoms with E-state index in [1.165, 1.54) is 16.9 Å². The molecule has 8 heteroatoms. The Morgan fingerprint density at radius 2 is 1.79 bits per heavy atom. The first-order chi connectivity index (χ1) is 16.4. The van der Waals surface area contributed by atoms with Gasteiger partial charge in [-0.05, 0) is 73.2 Å². The summed E-state index contributed by atoms with van der Waals surface area (Å²) in [5, 5.41) is 12.0. The molecule has 2 aromatic carbocycles. The lowest BCUT2D eigenvalue weighted by Gasteiger charge is -2.29. The highest BCUT2D eigenvalue weighted by Gasteiger charge is 2.43. The number of hydrogen-bond donors (Lipinski definition) is 1. The third-order valence-electron chi connectivity index (χ3n) is 6.34. The molecule has 174 valence electrons. The number of carbonyl (C=O) groups is 1. The summed E-state index contributed by atoms with van der Waals surface area (Å²) in [6.07, 6.45) is 5.31. The van der Waals surface area contributed by atoms with Gasteiger partial charge in [-0.2, -0.15) is 5.10 Å². The molecule has 3 aromatic rings. The van der Waals surface area contributed by atoms with Crippen molar-refractivity contribution >= 4 is 57.4 Å². The number of thiazole rings is 1. The molecule has 0 radical (unpaired) electrons. The number of halogens is 2. The molecule has 0 spiro atoms. The first kappa shape index (κ1) is 23.1. The van der Waals surface area contributed by atoms with Crippen LogP contribution in [0.15, 0.2) is 59.2 Å². The van der Waals surface area contributed by atoms with Gasteiger partial charge in [0.1, 0.15) is 4.88 Å². The van der Waals surface area contributed by atoms with Gasteiger partial charge >= 0.3 is 0 Å². The summed E-state index contributed by atoms with van der Waals surface area (Å²) in [4.78, 5) is 17.7. The van der Waals surface area contributed by atoms with Crippen molar-refractivity contribution in [3.63, 3.8) is 0 Å². The fraction of sp³-hybridized carbons (Fsp3) is 0.269. The molecule has 2 heterocycles. The number of hydrazone groups is 1. The lowest BCUT2D eigenvalue weighted by atomic mass is 9.77. The molecule has 1 N–H and O–H groups in total. The Hall–Kier alpha value is -2.67. The number of benzene rings is 2. The van der Waals surface area contributed by atoms with Crippen LogP contribution in [0.5, 0.6) is 0 Å². The predicted molar refractivity (Wildman–Crippen MR) is 141 cm³/mol. The average molecular weight is 511 g/mol. The number of fused-ring (bicyclic) bond motifs is 1. The zero-order valence-corrected chi connectivity index (χ0v) is 21.2. The largest absolute Gasteiger partial charge is 0.354 e. The molecule has 2 unspecified atom stereocenters. The lowest BCUT2D eigenvalue weighted by Crippen LogP contribution is -2.28. The highest BCUT2D eigenvalue weighted by Crippen LogP contribution is 2.47. The second kappa shape index (κ2) is 9.53. The van der Waals surface area contributed by atoms with Crippen molar-refractivity contribution in [2.24, 2.45) is 11.0 Å². The Kier molecular flexibility index (Phi) is 6.47. The standard InChI is InChI=1S/C26H24Cl2N4OS/c1-15-24(25(33)29-2)34-26(30-15)32-23(17-8-12-20(28)13-9-17)21-5-3-4-18(22(21)31-32)14-16-6-10-19(27)11-7-16/h6-14,21,23H,3-5H2,1-2H3,(H,29,33)/b18-14+. The number of carbonyl (C=O) groups excluding carboxylic acids is 1. The maximum absolute atomic E-state index is 12.4. The summed E-state index contributed by atoms with van der Waals surface area (Å²) >= 11 is 13.7. The average Bonchev–Trinajstić information content (AvgIpc) is 3.42. The Bertz CT molecular complexity index is 1280. The zero-order chi connectivity index (χ0) is 23.8. The van der Waals surface area contributed by atoms with Gasteiger partial charge in [0.2, 0.25) is 5.13 Å². The van der Waals surface area contributed by atoms with Crippen molar-refractivity contribution in [2.45, 2.75) is 32.2 Å². The molecular formula is C26H24Cl2N4OS. The minimum absolute atomic E-state index is 0.00993. The minimum Gasteiger partial charge on any atom is -0.354 e. The lowest BCUT2D eigenvalue weighted by molar-refractivity contribution is 0.0966. The van der Waals surface area contributed by atoms with E-state index in [1.54, 1.807) is 7.05 Å². The van der Waals surface area contributed by atoms with Gasteiger partial charge in [-0.15, -0.1) is 0 Å². The summed E-state index contributed by atoms with van der Waals surface area (Å²) in [5.74, 6) is 0.0954. The van der Waals surface area contributed by atoms with Crippen molar-refractivity contribution in [3.8, 4) is 0 Å². The number of hydrogen-bond acceptors (Lipinski definition) is 5. The Labute approximate surface area is 213 Å². The quantitative estimate of drug-likeness (QED) is 0.414. The molecule has 1 aliphatic carbocycles. The van der Waals surface area contributed by atoms with Gasteiger partial charge in [-0.3, -0.25) is 4.79 Å². The Morgan fingerprint density at radius 3 is 2.47 bits per heavy atom. The second-order valence-corrected chi connectivity index (χ2v) is 10.4. The van der Waals surface area contributed by atoms with Crippen molar-refractivity contribution in [2.75, 3.05) is 12.1 Å². The fourth-order valence-electron chi connectivity index (χ4n) is 4.72. The van der Waals surface area contributed by atoms with Crippen LogP contribution in [0.1, 0.15) is 51.8 Å². The van der Waals surface area contributed by atoms with Crippen LogP contribution in [-0.4, -0.2) is 23.7 Å². The molecule has 34 heavy (non-hydrogen) atoms. The van der Waals surface area contributed by atoms with Gasteiger partial charge < -0.3 is 5.32 Å². The van der Waals surface area contributed by atoms with Gasteiger partial charge in [0.25, 0.3) is 5.91 Å². The molecule has 5 rings (SSSR count). The molecule has 2 atom stereocenters. The topological polar surface area (TPSA) is 57.6 Å². The SMILES string of the molecule is CNC(=O)c1sc(N2N=C3/C(=C/c4ccc(Cl)cc4)CCCC3C2c2ccc(Cl)cc2)nc1C. The molecule has 1 aromatic heterocycles. The highest BCUT2D eigenvalue weighted by molar-refractivity contribution is 7.17. The first-order valence-electron chi connectivity index (χ1n) is 11.2. The molecule has 0 saturated heterocycles. The number of nitrogens with zero attached hydrogens (tertiary/aromatic N) is 3. The van der Waals surface area contributed by atoms with Gasteiger partial charge in [-0.1, -0.05) is 58.8 Å². The van der Waals surface area contributed by atoms with E-state index in [4.69, 9.17) is 33.3 Å². The van der Waals surface area contributed by atoms with Crippen LogP contribution < -0.4 is 10.3 Å². The number of allylic oxidation sites excluding steroid dienone is 1. The Balaban J connectivity index is 1.60. The molecule has 2 aliphatic rings. The molecular weight excluding hydrogens is 487 g/mol.